The number of likely N-dealkylation sites (N-methyl/N-ethyl adjacent to an activating group) is 1. The molecule has 0 amide bonds. The summed E-state index contributed by atoms with van der Waals surface area (Å²) in [6.45, 7) is 9.20. The van der Waals surface area contributed by atoms with Crippen LogP contribution in [0.4, 0.5) is 4.39 Å². The molecule has 0 N–H and O–H groups in total. The summed E-state index contributed by atoms with van der Waals surface area (Å²) in [6, 6.07) is 11.6. The molecule has 146 valence electrons. The number of fused-ring (bicyclic) bond motifs is 3. The number of aromatic nitrogens is 1. The number of hydrogen-bond acceptors (Lipinski definition) is 1. The van der Waals surface area contributed by atoms with Gasteiger partial charge in [0.05, 0.1) is 5.52 Å². The summed E-state index contributed by atoms with van der Waals surface area (Å²) in [6.07, 6.45) is 4.36. The van der Waals surface area contributed by atoms with Crippen LogP contribution in [0, 0.1) is 12.7 Å². The molecule has 0 saturated carbocycles. The highest BCUT2D eigenvalue weighted by atomic mass is 19.1. The average molecular weight is 377 g/mol. The first-order valence-electron chi connectivity index (χ1n) is 10.4. The fourth-order valence-electron chi connectivity index (χ4n) is 4.64. The second-order valence-electron chi connectivity index (χ2n) is 7.76. The van der Waals surface area contributed by atoms with Crippen LogP contribution < -0.4 is 0 Å². The topological polar surface area (TPSA) is 8.17 Å². The van der Waals surface area contributed by atoms with Crippen molar-refractivity contribution in [3.8, 4) is 0 Å². The molecule has 5 rings (SSSR count). The van der Waals surface area contributed by atoms with Gasteiger partial charge in [-0.25, -0.2) is 4.39 Å². The SMILES string of the molecule is CC.Cc1cc2c3c(c1)c1c(n3CC(c3ccc(F)cc3)=CC2)CCN(C)C1. The zero-order valence-corrected chi connectivity index (χ0v) is 17.3. The Hall–Kier alpha value is -2.39. The monoisotopic (exact) mass is 376 g/mol. The lowest BCUT2D eigenvalue weighted by Gasteiger charge is -2.24. The van der Waals surface area contributed by atoms with Crippen LogP contribution in [0.2, 0.25) is 0 Å². The van der Waals surface area contributed by atoms with Gasteiger partial charge in [0.1, 0.15) is 5.82 Å². The summed E-state index contributed by atoms with van der Waals surface area (Å²) in [7, 11) is 2.21. The Balaban J connectivity index is 0.000000932. The molecule has 0 bridgehead atoms. The minimum Gasteiger partial charge on any atom is -0.340 e. The second kappa shape index (κ2) is 7.56. The molecule has 2 aliphatic rings. The number of nitrogens with zero attached hydrogens (tertiary/aromatic N) is 2. The van der Waals surface area contributed by atoms with E-state index in [2.05, 4.69) is 41.6 Å². The van der Waals surface area contributed by atoms with Crippen molar-refractivity contribution < 1.29 is 4.39 Å². The maximum atomic E-state index is 13.4. The second-order valence-corrected chi connectivity index (χ2v) is 7.76. The summed E-state index contributed by atoms with van der Waals surface area (Å²) in [5, 5.41) is 1.43. The lowest BCUT2D eigenvalue weighted by molar-refractivity contribution is 0.310. The van der Waals surface area contributed by atoms with Gasteiger partial charge in [0, 0.05) is 37.1 Å². The normalized spacial score (nSPS) is 16.1. The van der Waals surface area contributed by atoms with Gasteiger partial charge >= 0.3 is 0 Å². The van der Waals surface area contributed by atoms with E-state index < -0.39 is 0 Å². The highest BCUT2D eigenvalue weighted by Gasteiger charge is 2.25. The van der Waals surface area contributed by atoms with E-state index in [9.17, 15) is 4.39 Å². The van der Waals surface area contributed by atoms with Crippen molar-refractivity contribution in [2.24, 2.45) is 0 Å². The molecule has 0 radical (unpaired) electrons. The molecule has 1 aromatic heterocycles. The van der Waals surface area contributed by atoms with E-state index in [1.54, 1.807) is 12.1 Å². The van der Waals surface area contributed by atoms with Crippen molar-refractivity contribution in [3.63, 3.8) is 0 Å². The minimum absolute atomic E-state index is 0.175. The van der Waals surface area contributed by atoms with E-state index in [1.807, 2.05) is 26.0 Å². The number of rotatable bonds is 1. The highest BCUT2D eigenvalue weighted by molar-refractivity contribution is 5.91. The lowest BCUT2D eigenvalue weighted by Crippen LogP contribution is -2.27. The van der Waals surface area contributed by atoms with Gasteiger partial charge in [-0.3, -0.25) is 0 Å². The largest absolute Gasteiger partial charge is 0.340 e. The van der Waals surface area contributed by atoms with Crippen molar-refractivity contribution in [2.45, 2.75) is 46.7 Å². The Morgan fingerprint density at radius 3 is 2.50 bits per heavy atom. The number of aryl methyl sites for hydroxylation is 1. The fourth-order valence-corrected chi connectivity index (χ4v) is 4.64. The molecule has 0 spiro atoms. The zero-order valence-electron chi connectivity index (χ0n) is 17.3. The van der Waals surface area contributed by atoms with Gasteiger partial charge in [0.15, 0.2) is 0 Å². The first kappa shape index (κ1) is 18.9. The van der Waals surface area contributed by atoms with Crippen LogP contribution in [0.25, 0.3) is 16.5 Å². The maximum absolute atomic E-state index is 13.4. The van der Waals surface area contributed by atoms with Crippen molar-refractivity contribution in [1.82, 2.24) is 9.47 Å². The molecule has 2 nitrogen and oxygen atoms in total. The van der Waals surface area contributed by atoms with Gasteiger partial charge in [-0.2, -0.15) is 0 Å². The van der Waals surface area contributed by atoms with Crippen LogP contribution in [0.3, 0.4) is 0 Å². The Bertz CT molecular complexity index is 1040. The molecule has 2 aliphatic heterocycles. The van der Waals surface area contributed by atoms with Crippen LogP contribution in [0.5, 0.6) is 0 Å². The van der Waals surface area contributed by atoms with E-state index in [0.29, 0.717) is 0 Å². The Kier molecular flexibility index (Phi) is 5.11. The molecule has 3 heterocycles. The third-order valence-corrected chi connectivity index (χ3v) is 5.87. The van der Waals surface area contributed by atoms with Crippen molar-refractivity contribution in [3.05, 3.63) is 76.2 Å². The molecule has 0 saturated heterocycles. The summed E-state index contributed by atoms with van der Waals surface area (Å²) in [4.78, 5) is 2.41. The molecular weight excluding hydrogens is 347 g/mol. The Morgan fingerprint density at radius 2 is 1.75 bits per heavy atom. The molecule has 3 heteroatoms. The fraction of sp³-hybridized carbons (Fsp3) is 0.360. The predicted octanol–water partition coefficient (Wildman–Crippen LogP) is 5.74. The van der Waals surface area contributed by atoms with Gasteiger partial charge < -0.3 is 9.47 Å². The smallest absolute Gasteiger partial charge is 0.123 e. The average Bonchev–Trinajstić information content (AvgIpc) is 2.86. The number of benzene rings is 2. The van der Waals surface area contributed by atoms with Gasteiger partial charge in [0.25, 0.3) is 0 Å². The molecule has 0 unspecified atom stereocenters. The zero-order chi connectivity index (χ0) is 19.8. The standard InChI is InChI=1S/C23H23FN2.C2H6/c1-15-11-17-3-4-18(16-5-7-19(24)8-6-16)13-26-22-9-10-25(2)14-21(22)20(12-15)23(17)26;1-2/h4-8,11-12H,3,9-10,13-14H2,1-2H3;1-2H3. The van der Waals surface area contributed by atoms with Crippen molar-refractivity contribution in [1.29, 1.82) is 0 Å². The summed E-state index contributed by atoms with van der Waals surface area (Å²) < 4.78 is 15.9. The molecule has 28 heavy (non-hydrogen) atoms. The van der Waals surface area contributed by atoms with E-state index in [0.717, 1.165) is 38.0 Å². The van der Waals surface area contributed by atoms with Gasteiger partial charge in [0.2, 0.25) is 0 Å². The lowest BCUT2D eigenvalue weighted by atomic mass is 9.98. The van der Waals surface area contributed by atoms with Crippen LogP contribution in [-0.2, 0) is 25.9 Å². The Labute approximate surface area is 167 Å². The highest BCUT2D eigenvalue weighted by Crippen LogP contribution is 2.37. The first-order chi connectivity index (χ1) is 13.6. The number of halogens is 1. The Morgan fingerprint density at radius 1 is 1.00 bits per heavy atom. The predicted molar refractivity (Wildman–Crippen MR) is 116 cm³/mol. The summed E-state index contributed by atoms with van der Waals surface area (Å²) in [5.41, 5.74) is 9.55. The quantitative estimate of drug-likeness (QED) is 0.525. The maximum Gasteiger partial charge on any atom is 0.123 e. The van der Waals surface area contributed by atoms with Gasteiger partial charge in [-0.1, -0.05) is 43.7 Å². The molecule has 2 aromatic carbocycles. The van der Waals surface area contributed by atoms with Crippen molar-refractivity contribution >= 4 is 16.5 Å². The third-order valence-electron chi connectivity index (χ3n) is 5.87. The summed E-state index contributed by atoms with van der Waals surface area (Å²) in [5.74, 6) is -0.175. The molecule has 0 atom stereocenters. The number of hydrogen-bond donors (Lipinski definition) is 0. The van der Waals surface area contributed by atoms with E-state index in [-0.39, 0.29) is 5.82 Å². The molecule has 0 aliphatic carbocycles. The molecule has 3 aromatic rings. The minimum atomic E-state index is -0.175. The molecular formula is C25H29FN2. The van der Waals surface area contributed by atoms with Crippen LogP contribution in [-0.4, -0.2) is 23.1 Å². The van der Waals surface area contributed by atoms with Gasteiger partial charge in [-0.05, 0) is 60.9 Å². The third kappa shape index (κ3) is 3.18. The van der Waals surface area contributed by atoms with Gasteiger partial charge in [-0.15, -0.1) is 0 Å². The molecule has 0 fully saturated rings. The van der Waals surface area contributed by atoms with Crippen molar-refractivity contribution in [2.75, 3.05) is 13.6 Å². The first-order valence-corrected chi connectivity index (χ1v) is 10.4. The van der Waals surface area contributed by atoms with Crippen LogP contribution >= 0.6 is 0 Å². The van der Waals surface area contributed by atoms with Crippen LogP contribution in [0.15, 0.2) is 42.5 Å². The number of allylic oxidation sites excluding steroid dienone is 2. The van der Waals surface area contributed by atoms with E-state index in [1.165, 1.54) is 38.9 Å². The van der Waals surface area contributed by atoms with E-state index in [4.69, 9.17) is 0 Å². The van der Waals surface area contributed by atoms with E-state index >= 15 is 0 Å². The summed E-state index contributed by atoms with van der Waals surface area (Å²) >= 11 is 0. The van der Waals surface area contributed by atoms with Crippen LogP contribution in [0.1, 0.15) is 41.8 Å².